The first-order chi connectivity index (χ1) is 7.22. The number of hydrogen-bond donors (Lipinski definition) is 2. The van der Waals surface area contributed by atoms with Gasteiger partial charge in [0, 0.05) is 17.1 Å². The third-order valence-electron chi connectivity index (χ3n) is 2.59. The molecule has 0 radical (unpaired) electrons. The minimum atomic E-state index is 0.136. The predicted molar refractivity (Wildman–Crippen MR) is 62.2 cm³/mol. The van der Waals surface area contributed by atoms with Gasteiger partial charge < -0.3 is 0 Å². The molecule has 0 aliphatic heterocycles. The minimum absolute atomic E-state index is 0.136. The standard InChI is InChI=1S/C12H15N3/c1-8-7-11(9(2)15-13)10-5-3-4-6-12(10)14-8/h3-7,9,15H,13H2,1-2H3. The summed E-state index contributed by atoms with van der Waals surface area (Å²) in [5.74, 6) is 5.47. The van der Waals surface area contributed by atoms with Crippen LogP contribution in [0.4, 0.5) is 0 Å². The first-order valence-corrected chi connectivity index (χ1v) is 5.05. The number of hydrogen-bond acceptors (Lipinski definition) is 3. The second kappa shape index (κ2) is 3.96. The van der Waals surface area contributed by atoms with Gasteiger partial charge in [-0.1, -0.05) is 18.2 Å². The molecule has 1 heterocycles. The molecule has 0 bridgehead atoms. The molecule has 1 atom stereocenters. The van der Waals surface area contributed by atoms with E-state index in [1.165, 1.54) is 5.56 Å². The van der Waals surface area contributed by atoms with E-state index in [-0.39, 0.29) is 6.04 Å². The highest BCUT2D eigenvalue weighted by molar-refractivity contribution is 5.82. The van der Waals surface area contributed by atoms with Gasteiger partial charge in [-0.05, 0) is 31.5 Å². The lowest BCUT2D eigenvalue weighted by atomic mass is 10.0. The Morgan fingerprint density at radius 3 is 2.80 bits per heavy atom. The summed E-state index contributed by atoms with van der Waals surface area (Å²) in [6.45, 7) is 4.04. The van der Waals surface area contributed by atoms with Crippen LogP contribution in [0.25, 0.3) is 10.9 Å². The molecule has 2 aromatic rings. The molecule has 0 fully saturated rings. The molecule has 1 aromatic heterocycles. The molecule has 0 spiro atoms. The average Bonchev–Trinajstić information content (AvgIpc) is 2.26. The molecule has 0 saturated carbocycles. The number of rotatable bonds is 2. The molecule has 3 N–H and O–H groups in total. The van der Waals surface area contributed by atoms with E-state index < -0.39 is 0 Å². The van der Waals surface area contributed by atoms with Crippen LogP contribution in [-0.2, 0) is 0 Å². The molecule has 15 heavy (non-hydrogen) atoms. The van der Waals surface area contributed by atoms with Gasteiger partial charge in [-0.2, -0.15) is 0 Å². The summed E-state index contributed by atoms with van der Waals surface area (Å²) in [5, 5.41) is 1.16. The summed E-state index contributed by atoms with van der Waals surface area (Å²) >= 11 is 0. The molecule has 2 rings (SSSR count). The minimum Gasteiger partial charge on any atom is -0.271 e. The fraction of sp³-hybridized carbons (Fsp3) is 0.250. The number of hydrazine groups is 1. The highest BCUT2D eigenvalue weighted by atomic mass is 15.2. The van der Waals surface area contributed by atoms with Crippen LogP contribution < -0.4 is 11.3 Å². The molecule has 3 heteroatoms. The predicted octanol–water partition coefficient (Wildman–Crippen LogP) is 2.07. The largest absolute Gasteiger partial charge is 0.271 e. The Labute approximate surface area is 89.3 Å². The lowest BCUT2D eigenvalue weighted by Crippen LogP contribution is -2.25. The summed E-state index contributed by atoms with van der Waals surface area (Å²) in [5.41, 5.74) is 6.01. The number of nitrogens with two attached hydrogens (primary N) is 1. The van der Waals surface area contributed by atoms with E-state index in [2.05, 4.69) is 22.5 Å². The average molecular weight is 201 g/mol. The summed E-state index contributed by atoms with van der Waals surface area (Å²) in [6.07, 6.45) is 0. The van der Waals surface area contributed by atoms with E-state index in [1.807, 2.05) is 32.0 Å². The Bertz CT molecular complexity index is 479. The molecular weight excluding hydrogens is 186 g/mol. The summed E-state index contributed by atoms with van der Waals surface area (Å²) in [4.78, 5) is 4.48. The van der Waals surface area contributed by atoms with E-state index in [9.17, 15) is 0 Å². The molecule has 78 valence electrons. The van der Waals surface area contributed by atoms with Crippen LogP contribution >= 0.6 is 0 Å². The maximum Gasteiger partial charge on any atom is 0.0708 e. The molecule has 0 aliphatic carbocycles. The van der Waals surface area contributed by atoms with Crippen molar-refractivity contribution < 1.29 is 0 Å². The molecule has 3 nitrogen and oxygen atoms in total. The Hall–Kier alpha value is -1.45. The topological polar surface area (TPSA) is 50.9 Å². The van der Waals surface area contributed by atoms with Gasteiger partial charge in [0.1, 0.15) is 0 Å². The molecule has 0 saturated heterocycles. The van der Waals surface area contributed by atoms with Crippen LogP contribution in [0.2, 0.25) is 0 Å². The molecule has 1 unspecified atom stereocenters. The van der Waals surface area contributed by atoms with Crippen LogP contribution in [0, 0.1) is 6.92 Å². The van der Waals surface area contributed by atoms with Crippen molar-refractivity contribution in [2.24, 2.45) is 5.84 Å². The van der Waals surface area contributed by atoms with Crippen molar-refractivity contribution in [3.63, 3.8) is 0 Å². The van der Waals surface area contributed by atoms with Crippen molar-refractivity contribution in [3.05, 3.63) is 41.6 Å². The van der Waals surface area contributed by atoms with Gasteiger partial charge in [-0.25, -0.2) is 0 Å². The molecule has 0 aliphatic rings. The van der Waals surface area contributed by atoms with Crippen molar-refractivity contribution >= 4 is 10.9 Å². The van der Waals surface area contributed by atoms with E-state index in [1.54, 1.807) is 0 Å². The SMILES string of the molecule is Cc1cc(C(C)NN)c2ccccc2n1. The Morgan fingerprint density at radius 2 is 2.07 bits per heavy atom. The third-order valence-corrected chi connectivity index (χ3v) is 2.59. The third kappa shape index (κ3) is 1.84. The zero-order chi connectivity index (χ0) is 10.8. The van der Waals surface area contributed by atoms with E-state index in [0.717, 1.165) is 16.6 Å². The number of fused-ring (bicyclic) bond motifs is 1. The number of benzene rings is 1. The van der Waals surface area contributed by atoms with Gasteiger partial charge in [0.05, 0.1) is 5.52 Å². The van der Waals surface area contributed by atoms with Crippen LogP contribution in [0.15, 0.2) is 30.3 Å². The van der Waals surface area contributed by atoms with Gasteiger partial charge in [-0.15, -0.1) is 0 Å². The van der Waals surface area contributed by atoms with Crippen molar-refractivity contribution in [3.8, 4) is 0 Å². The van der Waals surface area contributed by atoms with Gasteiger partial charge in [0.25, 0.3) is 0 Å². The van der Waals surface area contributed by atoms with Gasteiger partial charge in [0.15, 0.2) is 0 Å². The van der Waals surface area contributed by atoms with Crippen LogP contribution in [0.5, 0.6) is 0 Å². The van der Waals surface area contributed by atoms with E-state index >= 15 is 0 Å². The van der Waals surface area contributed by atoms with Crippen LogP contribution in [0.1, 0.15) is 24.2 Å². The van der Waals surface area contributed by atoms with Crippen molar-refractivity contribution in [2.45, 2.75) is 19.9 Å². The normalized spacial score (nSPS) is 13.0. The number of para-hydroxylation sites is 1. The van der Waals surface area contributed by atoms with Gasteiger partial charge in [-0.3, -0.25) is 16.3 Å². The smallest absolute Gasteiger partial charge is 0.0708 e. The lowest BCUT2D eigenvalue weighted by Gasteiger charge is -2.13. The maximum atomic E-state index is 5.47. The Balaban J connectivity index is 2.71. The van der Waals surface area contributed by atoms with Crippen LogP contribution in [-0.4, -0.2) is 4.98 Å². The summed E-state index contributed by atoms with van der Waals surface area (Å²) < 4.78 is 0. The second-order valence-electron chi connectivity index (χ2n) is 3.76. The Morgan fingerprint density at radius 1 is 1.33 bits per heavy atom. The highest BCUT2D eigenvalue weighted by Crippen LogP contribution is 2.23. The van der Waals surface area contributed by atoms with E-state index in [4.69, 9.17) is 5.84 Å². The molecule has 0 amide bonds. The fourth-order valence-electron chi connectivity index (χ4n) is 1.79. The maximum absolute atomic E-state index is 5.47. The first kappa shape index (κ1) is 10.1. The molecular formula is C12H15N3. The highest BCUT2D eigenvalue weighted by Gasteiger charge is 2.08. The number of aromatic nitrogens is 1. The number of nitrogens with one attached hydrogen (secondary N) is 1. The van der Waals surface area contributed by atoms with Crippen LogP contribution in [0.3, 0.4) is 0 Å². The monoisotopic (exact) mass is 201 g/mol. The van der Waals surface area contributed by atoms with Gasteiger partial charge in [0.2, 0.25) is 0 Å². The zero-order valence-electron chi connectivity index (χ0n) is 8.99. The quantitative estimate of drug-likeness (QED) is 0.577. The van der Waals surface area contributed by atoms with Crippen molar-refractivity contribution in [1.29, 1.82) is 0 Å². The van der Waals surface area contributed by atoms with Crippen molar-refractivity contribution in [1.82, 2.24) is 10.4 Å². The lowest BCUT2D eigenvalue weighted by molar-refractivity contribution is 0.605. The van der Waals surface area contributed by atoms with Gasteiger partial charge >= 0.3 is 0 Å². The zero-order valence-corrected chi connectivity index (χ0v) is 8.99. The number of pyridine rings is 1. The second-order valence-corrected chi connectivity index (χ2v) is 3.76. The number of nitrogens with zero attached hydrogens (tertiary/aromatic N) is 1. The van der Waals surface area contributed by atoms with E-state index in [0.29, 0.717) is 0 Å². The fourth-order valence-corrected chi connectivity index (χ4v) is 1.79. The first-order valence-electron chi connectivity index (χ1n) is 5.05. The summed E-state index contributed by atoms with van der Waals surface area (Å²) in [6, 6.07) is 10.3. The molecule has 1 aromatic carbocycles. The summed E-state index contributed by atoms with van der Waals surface area (Å²) in [7, 11) is 0. The van der Waals surface area contributed by atoms with Crippen molar-refractivity contribution in [2.75, 3.05) is 0 Å². The number of aryl methyl sites for hydroxylation is 1. The Kier molecular flexibility index (Phi) is 2.66.